The third kappa shape index (κ3) is 11.7. The summed E-state index contributed by atoms with van der Waals surface area (Å²) in [5.74, 6) is 1.76. The molecule has 0 aromatic carbocycles. The molecule has 0 aromatic rings. The predicted octanol–water partition coefficient (Wildman–Crippen LogP) is 2.52. The Morgan fingerprint density at radius 3 is 2.07 bits per heavy atom. The second kappa shape index (κ2) is 12.7. The Hall–Kier alpha value is -0.305. The summed E-state index contributed by atoms with van der Waals surface area (Å²) in [5, 5.41) is 0. The lowest BCUT2D eigenvalue weighted by Crippen LogP contribution is -2.04. The van der Waals surface area contributed by atoms with Gasteiger partial charge in [-0.3, -0.25) is 0 Å². The van der Waals surface area contributed by atoms with Gasteiger partial charge in [0.25, 0.3) is 0 Å². The number of rotatable bonds is 6. The largest absolute Gasteiger partial charge is 0.324 e. The number of carbonyl (C=O) groups is 1. The van der Waals surface area contributed by atoms with Gasteiger partial charge in [0.05, 0.1) is 0 Å². The topological polar surface area (TPSA) is 43.1 Å². The molecule has 0 saturated carbocycles. The Labute approximate surface area is 89.9 Å². The van der Waals surface area contributed by atoms with E-state index >= 15 is 0 Å². The molecule has 0 aliphatic rings. The quantitative estimate of drug-likeness (QED) is 0.526. The van der Waals surface area contributed by atoms with E-state index in [1.54, 1.807) is 0 Å². The zero-order valence-corrected chi connectivity index (χ0v) is 10.1. The van der Waals surface area contributed by atoms with Crippen LogP contribution in [0.25, 0.3) is 0 Å². The summed E-state index contributed by atoms with van der Waals surface area (Å²) in [6, 6.07) is 0. The summed E-state index contributed by atoms with van der Waals surface area (Å²) in [5.41, 5.74) is 4.66. The van der Waals surface area contributed by atoms with Gasteiger partial charge in [-0.25, -0.2) is 0 Å². The predicted molar refractivity (Wildman–Crippen MR) is 64.8 cm³/mol. The molecule has 83 valence electrons. The lowest BCUT2D eigenvalue weighted by Gasteiger charge is -2.15. The number of aldehydes is 1. The molecule has 0 amide bonds. The molecule has 3 heteroatoms. The van der Waals surface area contributed by atoms with E-state index in [1.807, 2.05) is 0 Å². The Bertz CT molecular complexity index is 116. The third-order valence-electron chi connectivity index (χ3n) is 2.49. The molecule has 0 saturated heterocycles. The Morgan fingerprint density at radius 2 is 1.86 bits per heavy atom. The van der Waals surface area contributed by atoms with E-state index in [0.29, 0.717) is 6.29 Å². The van der Waals surface area contributed by atoms with Crippen molar-refractivity contribution in [2.24, 2.45) is 11.7 Å². The summed E-state index contributed by atoms with van der Waals surface area (Å²) in [4.78, 5) is 9.05. The molecule has 0 heterocycles. The minimum Gasteiger partial charge on any atom is -0.324 e. The minimum absolute atomic E-state index is 0.139. The summed E-state index contributed by atoms with van der Waals surface area (Å²) >= 11 is 0. The molecule has 0 aliphatic heterocycles. The van der Waals surface area contributed by atoms with Gasteiger partial charge in [-0.1, -0.05) is 52.7 Å². The fraction of sp³-hybridized carbons (Fsp3) is 0.909. The molecule has 0 rings (SSSR count). The van der Waals surface area contributed by atoms with Crippen LogP contribution in [-0.2, 0) is 4.79 Å². The average Bonchev–Trinajstić information content (AvgIpc) is 2.25. The van der Waals surface area contributed by atoms with Crippen molar-refractivity contribution in [1.82, 2.24) is 0 Å². The van der Waals surface area contributed by atoms with Gasteiger partial charge in [0.2, 0.25) is 0 Å². The van der Waals surface area contributed by atoms with E-state index in [0.717, 1.165) is 11.7 Å². The second-order valence-electron chi connectivity index (χ2n) is 3.65. The zero-order chi connectivity index (χ0) is 11.4. The first-order valence-electron chi connectivity index (χ1n) is 5.59. The maximum absolute atomic E-state index is 9.05. The van der Waals surface area contributed by atoms with Gasteiger partial charge in [-0.15, -0.1) is 0 Å². The highest BCUT2D eigenvalue weighted by Gasteiger charge is 2.07. The van der Waals surface area contributed by atoms with E-state index in [4.69, 9.17) is 4.79 Å². The monoisotopic (exact) mass is 198 g/mol. The van der Waals surface area contributed by atoms with Gasteiger partial charge in [0.1, 0.15) is 13.6 Å². The molecule has 2 nitrogen and oxygen atoms in total. The van der Waals surface area contributed by atoms with Gasteiger partial charge < -0.3 is 10.5 Å². The lowest BCUT2D eigenvalue weighted by atomic mass is 9.62. The van der Waals surface area contributed by atoms with Crippen molar-refractivity contribution in [2.45, 2.75) is 52.7 Å². The van der Waals surface area contributed by atoms with Crippen LogP contribution < -0.4 is 5.73 Å². The summed E-state index contributed by atoms with van der Waals surface area (Å²) < 4.78 is 0. The zero-order valence-electron chi connectivity index (χ0n) is 10.1. The van der Waals surface area contributed by atoms with Crippen molar-refractivity contribution in [3.05, 3.63) is 0 Å². The molecule has 2 atom stereocenters. The van der Waals surface area contributed by atoms with Crippen molar-refractivity contribution >= 4 is 13.6 Å². The SMILES string of the molecule is C[B]C(CC)CC(C)CC.NCC=O. The van der Waals surface area contributed by atoms with E-state index in [2.05, 4.69) is 40.6 Å². The van der Waals surface area contributed by atoms with Crippen LogP contribution in [0.2, 0.25) is 12.6 Å². The molecule has 1 radical (unpaired) electrons. The highest BCUT2D eigenvalue weighted by molar-refractivity contribution is 6.35. The van der Waals surface area contributed by atoms with Gasteiger partial charge in [0.15, 0.2) is 0 Å². The Balaban J connectivity index is 0. The van der Waals surface area contributed by atoms with Gasteiger partial charge in [-0.2, -0.15) is 0 Å². The summed E-state index contributed by atoms with van der Waals surface area (Å²) in [6.45, 7) is 9.20. The highest BCUT2D eigenvalue weighted by atomic mass is 16.1. The number of hydrogen-bond acceptors (Lipinski definition) is 2. The van der Waals surface area contributed by atoms with Crippen LogP contribution >= 0.6 is 0 Å². The molecule has 0 aromatic heterocycles. The molecular weight excluding hydrogens is 173 g/mol. The van der Waals surface area contributed by atoms with Gasteiger partial charge in [0, 0.05) is 6.54 Å². The van der Waals surface area contributed by atoms with Crippen LogP contribution in [0.3, 0.4) is 0 Å². The summed E-state index contributed by atoms with van der Waals surface area (Å²) in [7, 11) is 2.34. The van der Waals surface area contributed by atoms with Crippen molar-refractivity contribution in [3.63, 3.8) is 0 Å². The molecular formula is C11H25BNO. The standard InChI is InChI=1S/C9H20B.C2H5NO/c1-5-8(3)7-9(6-2)10-4;3-1-2-4/h8-9H,5-7H2,1-4H3;2H,1,3H2. The van der Waals surface area contributed by atoms with Crippen molar-refractivity contribution in [3.8, 4) is 0 Å². The van der Waals surface area contributed by atoms with Crippen LogP contribution in [0.15, 0.2) is 0 Å². The molecule has 14 heavy (non-hydrogen) atoms. The number of carbonyl (C=O) groups excluding carboxylic acids is 1. The second-order valence-corrected chi connectivity index (χ2v) is 3.65. The van der Waals surface area contributed by atoms with E-state index in [1.165, 1.54) is 19.3 Å². The van der Waals surface area contributed by atoms with Crippen LogP contribution in [0.4, 0.5) is 0 Å². The fourth-order valence-corrected chi connectivity index (χ4v) is 1.22. The maximum Gasteiger partial charge on any atom is 0.133 e. The Kier molecular flexibility index (Phi) is 14.6. The number of hydrogen-bond donors (Lipinski definition) is 1. The van der Waals surface area contributed by atoms with Crippen molar-refractivity contribution in [2.75, 3.05) is 6.54 Å². The third-order valence-corrected chi connectivity index (χ3v) is 2.49. The van der Waals surface area contributed by atoms with Crippen LogP contribution in [-0.4, -0.2) is 20.1 Å². The molecule has 0 aliphatic carbocycles. The highest BCUT2D eigenvalue weighted by Crippen LogP contribution is 2.21. The first-order valence-corrected chi connectivity index (χ1v) is 5.59. The van der Waals surface area contributed by atoms with E-state index < -0.39 is 0 Å². The van der Waals surface area contributed by atoms with Gasteiger partial charge >= 0.3 is 0 Å². The molecule has 2 unspecified atom stereocenters. The van der Waals surface area contributed by atoms with Gasteiger partial charge in [-0.05, 0) is 5.92 Å². The molecule has 0 bridgehead atoms. The maximum atomic E-state index is 9.05. The van der Waals surface area contributed by atoms with Crippen LogP contribution in [0.5, 0.6) is 0 Å². The first kappa shape index (κ1) is 16.1. The van der Waals surface area contributed by atoms with Crippen molar-refractivity contribution in [1.29, 1.82) is 0 Å². The first-order chi connectivity index (χ1) is 6.65. The van der Waals surface area contributed by atoms with Crippen molar-refractivity contribution < 1.29 is 4.79 Å². The fourth-order valence-electron chi connectivity index (χ4n) is 1.22. The van der Waals surface area contributed by atoms with E-state index in [-0.39, 0.29) is 6.54 Å². The smallest absolute Gasteiger partial charge is 0.133 e. The summed E-state index contributed by atoms with van der Waals surface area (Å²) in [6.07, 6.45) is 4.66. The van der Waals surface area contributed by atoms with E-state index in [9.17, 15) is 0 Å². The number of nitrogens with two attached hydrogens (primary N) is 1. The normalized spacial score (nSPS) is 13.5. The average molecular weight is 198 g/mol. The minimum atomic E-state index is 0.139. The molecule has 2 N–H and O–H groups in total. The molecule has 0 spiro atoms. The van der Waals surface area contributed by atoms with Crippen LogP contribution in [0, 0.1) is 5.92 Å². The Morgan fingerprint density at radius 1 is 1.36 bits per heavy atom. The lowest BCUT2D eigenvalue weighted by molar-refractivity contribution is -0.106. The molecule has 0 fully saturated rings. The van der Waals surface area contributed by atoms with Crippen LogP contribution in [0.1, 0.15) is 40.0 Å².